The monoisotopic (exact) mass is 455 g/mol. The predicted molar refractivity (Wildman–Crippen MR) is 124 cm³/mol. The van der Waals surface area contributed by atoms with E-state index in [0.29, 0.717) is 43.6 Å². The molecular formula is C22H25N5O4S. The standard InChI is InChI=1S/C22H25N5O4S/c1-14-15(2)32-22-20(14)21(23-13-24-22)26-25-11-16-4-5-17(18(10-16)29-3)31-12-19(28)27-6-8-30-9-7-27/h4-5,10-11,13H,6-9,12H2,1-3H3,(H,23,24,26)/b25-11+. The third kappa shape index (κ3) is 4.81. The normalized spacial score (nSPS) is 14.2. The number of ether oxygens (including phenoxy) is 3. The van der Waals surface area contributed by atoms with Crippen LogP contribution in [0.5, 0.6) is 11.5 Å². The summed E-state index contributed by atoms with van der Waals surface area (Å²) in [6.45, 7) is 6.37. The van der Waals surface area contributed by atoms with Crippen LogP contribution in [-0.2, 0) is 9.53 Å². The van der Waals surface area contributed by atoms with Gasteiger partial charge in [-0.2, -0.15) is 5.10 Å². The highest BCUT2D eigenvalue weighted by atomic mass is 32.1. The van der Waals surface area contributed by atoms with Gasteiger partial charge in [-0.15, -0.1) is 11.3 Å². The zero-order chi connectivity index (χ0) is 22.5. The topological polar surface area (TPSA) is 98.2 Å². The van der Waals surface area contributed by atoms with Gasteiger partial charge < -0.3 is 19.1 Å². The molecule has 0 unspecified atom stereocenters. The molecule has 0 saturated carbocycles. The molecule has 10 heteroatoms. The second-order valence-electron chi connectivity index (χ2n) is 7.25. The number of aryl methyl sites for hydroxylation is 2. The number of carbonyl (C=O) groups excluding carboxylic acids is 1. The number of thiophene rings is 1. The van der Waals surface area contributed by atoms with Crippen LogP contribution < -0.4 is 14.9 Å². The number of carbonyl (C=O) groups is 1. The molecule has 1 aromatic carbocycles. The number of aromatic nitrogens is 2. The molecule has 1 amide bonds. The Bertz CT molecular complexity index is 1140. The van der Waals surface area contributed by atoms with Crippen LogP contribution in [0.3, 0.4) is 0 Å². The lowest BCUT2D eigenvalue weighted by atomic mass is 10.2. The van der Waals surface area contributed by atoms with E-state index in [2.05, 4.69) is 34.3 Å². The molecule has 0 aliphatic carbocycles. The molecule has 4 rings (SSSR count). The van der Waals surface area contributed by atoms with Crippen molar-refractivity contribution in [1.82, 2.24) is 14.9 Å². The molecule has 3 aromatic rings. The number of nitrogens with zero attached hydrogens (tertiary/aromatic N) is 4. The summed E-state index contributed by atoms with van der Waals surface area (Å²) in [7, 11) is 1.56. The summed E-state index contributed by atoms with van der Waals surface area (Å²) in [5.74, 6) is 1.63. The van der Waals surface area contributed by atoms with E-state index in [0.717, 1.165) is 21.3 Å². The fourth-order valence-corrected chi connectivity index (χ4v) is 4.36. The van der Waals surface area contributed by atoms with Crippen LogP contribution in [-0.4, -0.2) is 67.0 Å². The van der Waals surface area contributed by atoms with Crippen molar-refractivity contribution >= 4 is 39.5 Å². The number of anilines is 1. The Morgan fingerprint density at radius 3 is 2.88 bits per heavy atom. The number of benzene rings is 1. The zero-order valence-electron chi connectivity index (χ0n) is 18.3. The first-order valence-electron chi connectivity index (χ1n) is 10.2. The minimum Gasteiger partial charge on any atom is -0.493 e. The number of hydrogen-bond donors (Lipinski definition) is 1. The molecule has 3 heterocycles. The van der Waals surface area contributed by atoms with Gasteiger partial charge in [-0.05, 0) is 43.2 Å². The molecule has 0 spiro atoms. The van der Waals surface area contributed by atoms with E-state index in [1.54, 1.807) is 41.7 Å². The first-order chi connectivity index (χ1) is 15.6. The van der Waals surface area contributed by atoms with Gasteiger partial charge in [0.2, 0.25) is 0 Å². The first-order valence-corrected chi connectivity index (χ1v) is 11.0. The van der Waals surface area contributed by atoms with Crippen molar-refractivity contribution in [3.63, 3.8) is 0 Å². The number of hydrogen-bond acceptors (Lipinski definition) is 9. The molecule has 0 atom stereocenters. The van der Waals surface area contributed by atoms with Gasteiger partial charge >= 0.3 is 0 Å². The summed E-state index contributed by atoms with van der Waals surface area (Å²) >= 11 is 1.64. The molecule has 1 aliphatic rings. The summed E-state index contributed by atoms with van der Waals surface area (Å²) in [4.78, 5) is 24.8. The van der Waals surface area contributed by atoms with E-state index in [1.807, 2.05) is 6.07 Å². The largest absolute Gasteiger partial charge is 0.493 e. The van der Waals surface area contributed by atoms with Crippen molar-refractivity contribution in [2.75, 3.05) is 45.4 Å². The van der Waals surface area contributed by atoms with E-state index in [-0.39, 0.29) is 12.5 Å². The molecule has 2 aromatic heterocycles. The Morgan fingerprint density at radius 2 is 2.09 bits per heavy atom. The van der Waals surface area contributed by atoms with Crippen molar-refractivity contribution in [1.29, 1.82) is 0 Å². The summed E-state index contributed by atoms with van der Waals surface area (Å²) in [5.41, 5.74) is 4.97. The van der Waals surface area contributed by atoms with Crippen LogP contribution >= 0.6 is 11.3 Å². The second kappa shape index (κ2) is 9.92. The molecular weight excluding hydrogens is 430 g/mol. The second-order valence-corrected chi connectivity index (χ2v) is 8.45. The average Bonchev–Trinajstić information content (AvgIpc) is 3.12. The molecule has 1 aliphatic heterocycles. The Morgan fingerprint density at radius 1 is 1.28 bits per heavy atom. The average molecular weight is 456 g/mol. The van der Waals surface area contributed by atoms with Gasteiger partial charge in [-0.1, -0.05) is 0 Å². The maximum absolute atomic E-state index is 12.3. The minimum atomic E-state index is -0.0691. The van der Waals surface area contributed by atoms with Gasteiger partial charge in [0, 0.05) is 18.0 Å². The highest BCUT2D eigenvalue weighted by molar-refractivity contribution is 7.18. The molecule has 168 valence electrons. The summed E-state index contributed by atoms with van der Waals surface area (Å²) in [6, 6.07) is 5.41. The Kier molecular flexibility index (Phi) is 6.81. The number of amides is 1. The third-order valence-corrected chi connectivity index (χ3v) is 6.37. The highest BCUT2D eigenvalue weighted by Crippen LogP contribution is 2.32. The van der Waals surface area contributed by atoms with E-state index in [1.165, 1.54) is 11.2 Å². The van der Waals surface area contributed by atoms with Crippen molar-refractivity contribution in [2.45, 2.75) is 13.8 Å². The van der Waals surface area contributed by atoms with Crippen molar-refractivity contribution in [2.24, 2.45) is 5.10 Å². The van der Waals surface area contributed by atoms with Gasteiger partial charge in [-0.3, -0.25) is 10.2 Å². The minimum absolute atomic E-state index is 0.0472. The molecule has 0 radical (unpaired) electrons. The predicted octanol–water partition coefficient (Wildman–Crippen LogP) is 3.00. The molecule has 1 N–H and O–H groups in total. The van der Waals surface area contributed by atoms with Crippen LogP contribution in [0.4, 0.5) is 5.82 Å². The lowest BCUT2D eigenvalue weighted by Crippen LogP contribution is -2.43. The SMILES string of the molecule is COc1cc(/C=N/Nc2ncnc3sc(C)c(C)c23)ccc1OCC(=O)N1CCOCC1. The smallest absolute Gasteiger partial charge is 0.260 e. The van der Waals surface area contributed by atoms with Crippen molar-refractivity contribution < 1.29 is 19.0 Å². The van der Waals surface area contributed by atoms with Gasteiger partial charge in [0.15, 0.2) is 23.9 Å². The van der Waals surface area contributed by atoms with Crippen molar-refractivity contribution in [3.05, 3.63) is 40.5 Å². The number of morpholine rings is 1. The van der Waals surface area contributed by atoms with Gasteiger partial charge in [0.05, 0.1) is 31.9 Å². The van der Waals surface area contributed by atoms with Gasteiger partial charge in [-0.25, -0.2) is 9.97 Å². The lowest BCUT2D eigenvalue weighted by Gasteiger charge is -2.26. The number of hydrazone groups is 1. The first kappa shape index (κ1) is 22.0. The maximum atomic E-state index is 12.3. The van der Waals surface area contributed by atoms with E-state index < -0.39 is 0 Å². The van der Waals surface area contributed by atoms with Crippen LogP contribution in [0, 0.1) is 13.8 Å². The van der Waals surface area contributed by atoms with Crippen LogP contribution in [0.25, 0.3) is 10.2 Å². The molecule has 1 fully saturated rings. The maximum Gasteiger partial charge on any atom is 0.260 e. The van der Waals surface area contributed by atoms with Crippen LogP contribution in [0.15, 0.2) is 29.6 Å². The zero-order valence-corrected chi connectivity index (χ0v) is 19.1. The number of rotatable bonds is 7. The molecule has 1 saturated heterocycles. The van der Waals surface area contributed by atoms with E-state index in [9.17, 15) is 4.79 Å². The number of nitrogens with one attached hydrogen (secondary N) is 1. The summed E-state index contributed by atoms with van der Waals surface area (Å²) in [6.07, 6.45) is 3.20. The fourth-order valence-electron chi connectivity index (χ4n) is 3.36. The Balaban J connectivity index is 1.41. The fraction of sp³-hybridized carbons (Fsp3) is 0.364. The van der Waals surface area contributed by atoms with Crippen LogP contribution in [0.1, 0.15) is 16.0 Å². The van der Waals surface area contributed by atoms with Crippen molar-refractivity contribution in [3.8, 4) is 11.5 Å². The molecule has 32 heavy (non-hydrogen) atoms. The highest BCUT2D eigenvalue weighted by Gasteiger charge is 2.18. The lowest BCUT2D eigenvalue weighted by molar-refractivity contribution is -0.137. The molecule has 0 bridgehead atoms. The summed E-state index contributed by atoms with van der Waals surface area (Å²) < 4.78 is 16.4. The van der Waals surface area contributed by atoms with Crippen LogP contribution in [0.2, 0.25) is 0 Å². The van der Waals surface area contributed by atoms with E-state index >= 15 is 0 Å². The Hall–Kier alpha value is -3.24. The Labute approximate surface area is 190 Å². The summed E-state index contributed by atoms with van der Waals surface area (Å²) in [5, 5.41) is 5.31. The number of methoxy groups -OCH3 is 1. The number of fused-ring (bicyclic) bond motifs is 1. The van der Waals surface area contributed by atoms with Gasteiger partial charge in [0.1, 0.15) is 11.2 Å². The van der Waals surface area contributed by atoms with Gasteiger partial charge in [0.25, 0.3) is 5.91 Å². The quantitative estimate of drug-likeness (QED) is 0.432. The van der Waals surface area contributed by atoms with E-state index in [4.69, 9.17) is 14.2 Å². The molecule has 9 nitrogen and oxygen atoms in total. The third-order valence-electron chi connectivity index (χ3n) is 5.25.